The molecule has 1 unspecified atom stereocenters. The van der Waals surface area contributed by atoms with Crippen molar-refractivity contribution < 1.29 is 14.9 Å². The van der Waals surface area contributed by atoms with Gasteiger partial charge in [-0.15, -0.1) is 0 Å². The first-order valence-electron chi connectivity index (χ1n) is 3.70. The molecule has 0 heterocycles. The van der Waals surface area contributed by atoms with Crippen LogP contribution in [0, 0.1) is 0 Å². The monoisotopic (exact) mass is 168 g/mol. The highest BCUT2D eigenvalue weighted by Gasteiger charge is 2.12. The Morgan fingerprint density at radius 1 is 1.42 bits per heavy atom. The fraction of sp³-hybridized carbons (Fsp3) is 0.333. The summed E-state index contributed by atoms with van der Waals surface area (Å²) in [5.41, 5.74) is 0.431. The van der Waals surface area contributed by atoms with Gasteiger partial charge in [-0.3, -0.25) is 0 Å². The average molecular weight is 168 g/mol. The van der Waals surface area contributed by atoms with Gasteiger partial charge in [0.2, 0.25) is 0 Å². The van der Waals surface area contributed by atoms with Crippen LogP contribution in [0.2, 0.25) is 0 Å². The van der Waals surface area contributed by atoms with E-state index in [2.05, 4.69) is 0 Å². The minimum Gasteiger partial charge on any atom is -0.507 e. The first-order chi connectivity index (χ1) is 5.66. The summed E-state index contributed by atoms with van der Waals surface area (Å²) >= 11 is 0. The summed E-state index contributed by atoms with van der Waals surface area (Å²) in [5.74, 6) is 0.564. The Labute approximate surface area is 71.2 Å². The number of hydrogen-bond donors (Lipinski definition) is 2. The lowest BCUT2D eigenvalue weighted by Crippen LogP contribution is -1.96. The number of phenolic OH excluding ortho intramolecular Hbond substituents is 1. The van der Waals surface area contributed by atoms with E-state index in [4.69, 9.17) is 4.74 Å². The van der Waals surface area contributed by atoms with Crippen molar-refractivity contribution in [3.8, 4) is 11.5 Å². The van der Waals surface area contributed by atoms with Crippen LogP contribution in [-0.2, 0) is 0 Å². The van der Waals surface area contributed by atoms with Crippen LogP contribution in [0.5, 0.6) is 11.5 Å². The molecule has 0 radical (unpaired) electrons. The van der Waals surface area contributed by atoms with E-state index in [-0.39, 0.29) is 5.75 Å². The summed E-state index contributed by atoms with van der Waals surface area (Å²) in [4.78, 5) is 0. The van der Waals surface area contributed by atoms with E-state index in [1.807, 2.05) is 0 Å². The van der Waals surface area contributed by atoms with E-state index in [0.29, 0.717) is 11.3 Å². The van der Waals surface area contributed by atoms with Crippen molar-refractivity contribution in [2.24, 2.45) is 0 Å². The summed E-state index contributed by atoms with van der Waals surface area (Å²) in [7, 11) is 1.50. The smallest absolute Gasteiger partial charge is 0.128 e. The number of benzene rings is 1. The number of rotatable bonds is 2. The maximum Gasteiger partial charge on any atom is 0.128 e. The normalized spacial score (nSPS) is 12.6. The van der Waals surface area contributed by atoms with Crippen molar-refractivity contribution in [3.63, 3.8) is 0 Å². The lowest BCUT2D eigenvalue weighted by molar-refractivity contribution is 0.189. The molecule has 0 aromatic heterocycles. The van der Waals surface area contributed by atoms with Crippen LogP contribution in [-0.4, -0.2) is 17.3 Å². The Bertz CT molecular complexity index is 268. The molecule has 0 aliphatic rings. The molecule has 0 aliphatic heterocycles. The van der Waals surface area contributed by atoms with E-state index in [1.165, 1.54) is 13.2 Å². The van der Waals surface area contributed by atoms with Gasteiger partial charge in [-0.25, -0.2) is 0 Å². The molecule has 0 spiro atoms. The van der Waals surface area contributed by atoms with E-state index in [1.54, 1.807) is 19.1 Å². The summed E-state index contributed by atoms with van der Waals surface area (Å²) in [5, 5.41) is 18.6. The van der Waals surface area contributed by atoms with Crippen molar-refractivity contribution in [1.82, 2.24) is 0 Å². The van der Waals surface area contributed by atoms with Crippen LogP contribution in [0.3, 0.4) is 0 Å². The number of phenols is 1. The van der Waals surface area contributed by atoms with Crippen LogP contribution in [0.15, 0.2) is 18.2 Å². The van der Waals surface area contributed by atoms with Crippen molar-refractivity contribution in [2.45, 2.75) is 13.0 Å². The van der Waals surface area contributed by atoms with Crippen LogP contribution >= 0.6 is 0 Å². The topological polar surface area (TPSA) is 49.7 Å². The molecule has 0 bridgehead atoms. The molecule has 66 valence electrons. The van der Waals surface area contributed by atoms with Crippen molar-refractivity contribution >= 4 is 0 Å². The molecule has 2 N–H and O–H groups in total. The average Bonchev–Trinajstić information content (AvgIpc) is 2.03. The van der Waals surface area contributed by atoms with Gasteiger partial charge in [0.15, 0.2) is 0 Å². The molecule has 0 aliphatic carbocycles. The van der Waals surface area contributed by atoms with Gasteiger partial charge in [0.1, 0.15) is 11.5 Å². The van der Waals surface area contributed by atoms with Crippen molar-refractivity contribution in [3.05, 3.63) is 23.8 Å². The summed E-state index contributed by atoms with van der Waals surface area (Å²) in [6.45, 7) is 1.58. The zero-order valence-electron chi connectivity index (χ0n) is 7.11. The predicted molar refractivity (Wildman–Crippen MR) is 45.3 cm³/mol. The Balaban J connectivity index is 3.20. The molecule has 0 fully saturated rings. The zero-order chi connectivity index (χ0) is 9.14. The second kappa shape index (κ2) is 3.45. The fourth-order valence-corrected chi connectivity index (χ4v) is 1.13. The van der Waals surface area contributed by atoms with Crippen LogP contribution in [0.1, 0.15) is 18.6 Å². The van der Waals surface area contributed by atoms with Gasteiger partial charge < -0.3 is 14.9 Å². The van der Waals surface area contributed by atoms with Crippen molar-refractivity contribution in [1.29, 1.82) is 0 Å². The molecule has 0 saturated heterocycles. The Kier molecular flexibility index (Phi) is 2.55. The highest BCUT2D eigenvalue weighted by atomic mass is 16.5. The van der Waals surface area contributed by atoms with Gasteiger partial charge in [-0.05, 0) is 19.1 Å². The Morgan fingerprint density at radius 2 is 2.08 bits per heavy atom. The SMILES string of the molecule is COc1cccc(O)c1C(C)O. The first kappa shape index (κ1) is 8.87. The zero-order valence-corrected chi connectivity index (χ0v) is 7.11. The number of aliphatic hydroxyl groups is 1. The predicted octanol–water partition coefficient (Wildman–Crippen LogP) is 1.45. The fourth-order valence-electron chi connectivity index (χ4n) is 1.13. The molecule has 1 atom stereocenters. The lowest BCUT2D eigenvalue weighted by atomic mass is 10.1. The maximum atomic E-state index is 9.35. The van der Waals surface area contributed by atoms with Gasteiger partial charge in [0.05, 0.1) is 18.8 Å². The van der Waals surface area contributed by atoms with Gasteiger partial charge in [-0.1, -0.05) is 6.07 Å². The molecule has 12 heavy (non-hydrogen) atoms. The van der Waals surface area contributed by atoms with Gasteiger partial charge in [0.25, 0.3) is 0 Å². The van der Waals surface area contributed by atoms with Crippen molar-refractivity contribution in [2.75, 3.05) is 7.11 Å². The van der Waals surface area contributed by atoms with Crippen LogP contribution in [0.25, 0.3) is 0 Å². The third-order valence-electron chi connectivity index (χ3n) is 1.68. The molecular weight excluding hydrogens is 156 g/mol. The molecule has 0 saturated carbocycles. The van der Waals surface area contributed by atoms with E-state index < -0.39 is 6.10 Å². The molecule has 1 rings (SSSR count). The summed E-state index contributed by atoms with van der Waals surface area (Å²) < 4.78 is 4.97. The number of aliphatic hydroxyl groups excluding tert-OH is 1. The molecule has 3 heteroatoms. The molecular formula is C9H12O3. The Morgan fingerprint density at radius 3 is 2.50 bits per heavy atom. The third kappa shape index (κ3) is 1.51. The van der Waals surface area contributed by atoms with E-state index >= 15 is 0 Å². The van der Waals surface area contributed by atoms with E-state index in [0.717, 1.165) is 0 Å². The molecule has 0 amide bonds. The Hall–Kier alpha value is -1.22. The molecule has 3 nitrogen and oxygen atoms in total. The van der Waals surface area contributed by atoms with Gasteiger partial charge in [0, 0.05) is 0 Å². The number of aromatic hydroxyl groups is 1. The standard InChI is InChI=1S/C9H12O3/c1-6(10)9-7(11)4-3-5-8(9)12-2/h3-6,10-11H,1-2H3. The van der Waals surface area contributed by atoms with Gasteiger partial charge >= 0.3 is 0 Å². The van der Waals surface area contributed by atoms with E-state index in [9.17, 15) is 10.2 Å². The second-order valence-electron chi connectivity index (χ2n) is 2.57. The number of hydrogen-bond acceptors (Lipinski definition) is 3. The highest BCUT2D eigenvalue weighted by Crippen LogP contribution is 2.32. The first-order valence-corrected chi connectivity index (χ1v) is 3.70. The quantitative estimate of drug-likeness (QED) is 0.702. The van der Waals surface area contributed by atoms with Gasteiger partial charge in [-0.2, -0.15) is 0 Å². The molecule has 1 aromatic rings. The highest BCUT2D eigenvalue weighted by molar-refractivity contribution is 5.45. The number of methoxy groups -OCH3 is 1. The summed E-state index contributed by atoms with van der Waals surface area (Å²) in [6, 6.07) is 4.88. The molecule has 1 aromatic carbocycles. The summed E-state index contributed by atoms with van der Waals surface area (Å²) in [6.07, 6.45) is -0.721. The maximum absolute atomic E-state index is 9.35. The number of ether oxygens (including phenoxy) is 1. The minimum absolute atomic E-state index is 0.0596. The minimum atomic E-state index is -0.721. The van der Waals surface area contributed by atoms with Crippen LogP contribution in [0.4, 0.5) is 0 Å². The lowest BCUT2D eigenvalue weighted by Gasteiger charge is -2.11. The van der Waals surface area contributed by atoms with Crippen LogP contribution < -0.4 is 4.74 Å². The third-order valence-corrected chi connectivity index (χ3v) is 1.68. The largest absolute Gasteiger partial charge is 0.507 e. The second-order valence-corrected chi connectivity index (χ2v) is 2.57.